The highest BCUT2D eigenvalue weighted by Crippen LogP contribution is 2.31. The lowest BCUT2D eigenvalue weighted by atomic mass is 10.2. The monoisotopic (exact) mass is 330 g/mol. The zero-order chi connectivity index (χ0) is 16.4. The Morgan fingerprint density at radius 1 is 1.22 bits per heavy atom. The van der Waals surface area contributed by atoms with Crippen molar-refractivity contribution in [2.24, 2.45) is 7.05 Å². The number of thioether (sulfide) groups is 1. The van der Waals surface area contributed by atoms with Crippen molar-refractivity contribution in [2.75, 3.05) is 7.11 Å². The number of nitrogens with zero attached hydrogens (tertiary/aromatic N) is 4. The molecule has 0 unspecified atom stereocenters. The van der Waals surface area contributed by atoms with E-state index in [9.17, 15) is 0 Å². The normalized spacial score (nSPS) is 11.0. The topological polar surface area (TPSA) is 66.0 Å². The van der Waals surface area contributed by atoms with E-state index in [1.807, 2.05) is 49.7 Å². The zero-order valence-electron chi connectivity index (χ0n) is 13.5. The number of hydrogen-bond acceptors (Lipinski definition) is 6. The molecule has 0 N–H and O–H groups in total. The molecular weight excluding hydrogens is 312 g/mol. The third-order valence-electron chi connectivity index (χ3n) is 3.71. The van der Waals surface area contributed by atoms with Gasteiger partial charge in [-0.3, -0.25) is 0 Å². The summed E-state index contributed by atoms with van der Waals surface area (Å²) in [5.41, 5.74) is 2.95. The number of benzene rings is 1. The first-order valence-corrected chi connectivity index (χ1v) is 8.17. The van der Waals surface area contributed by atoms with Crippen molar-refractivity contribution in [1.29, 1.82) is 0 Å². The summed E-state index contributed by atoms with van der Waals surface area (Å²) in [5.74, 6) is 3.16. The lowest BCUT2D eigenvalue weighted by molar-refractivity contribution is 0.392. The van der Waals surface area contributed by atoms with Crippen molar-refractivity contribution in [3.05, 3.63) is 41.3 Å². The smallest absolute Gasteiger partial charge is 0.191 e. The van der Waals surface area contributed by atoms with E-state index >= 15 is 0 Å². The van der Waals surface area contributed by atoms with E-state index in [0.717, 1.165) is 45.1 Å². The largest absolute Gasteiger partial charge is 0.496 e. The number of aromatic nitrogens is 4. The van der Waals surface area contributed by atoms with E-state index in [0.29, 0.717) is 0 Å². The molecule has 0 spiro atoms. The van der Waals surface area contributed by atoms with Gasteiger partial charge in [0, 0.05) is 18.4 Å². The Morgan fingerprint density at radius 3 is 2.70 bits per heavy atom. The van der Waals surface area contributed by atoms with Crippen LogP contribution in [0.2, 0.25) is 0 Å². The summed E-state index contributed by atoms with van der Waals surface area (Å²) in [6, 6.07) is 7.79. The number of methoxy groups -OCH3 is 1. The summed E-state index contributed by atoms with van der Waals surface area (Å²) in [6.45, 7) is 3.87. The maximum absolute atomic E-state index is 5.41. The first kappa shape index (κ1) is 15.6. The summed E-state index contributed by atoms with van der Waals surface area (Å²) in [6.07, 6.45) is 0. The van der Waals surface area contributed by atoms with Crippen molar-refractivity contribution < 1.29 is 9.26 Å². The molecule has 0 amide bonds. The van der Waals surface area contributed by atoms with E-state index in [1.165, 1.54) is 0 Å². The van der Waals surface area contributed by atoms with Gasteiger partial charge in [-0.1, -0.05) is 29.1 Å². The number of aryl methyl sites for hydroxylation is 2. The maximum Gasteiger partial charge on any atom is 0.191 e. The van der Waals surface area contributed by atoms with E-state index in [-0.39, 0.29) is 0 Å². The average Bonchev–Trinajstić information content (AvgIpc) is 3.08. The second kappa shape index (κ2) is 6.45. The maximum atomic E-state index is 5.41. The minimum absolute atomic E-state index is 0.749. The Kier molecular flexibility index (Phi) is 4.38. The molecule has 3 aromatic rings. The van der Waals surface area contributed by atoms with Crippen molar-refractivity contribution in [1.82, 2.24) is 19.9 Å². The molecular formula is C16H18N4O2S. The first-order valence-electron chi connectivity index (χ1n) is 7.19. The highest BCUT2D eigenvalue weighted by Gasteiger charge is 2.16. The third-order valence-corrected chi connectivity index (χ3v) is 4.76. The van der Waals surface area contributed by atoms with Crippen LogP contribution in [0, 0.1) is 13.8 Å². The predicted octanol–water partition coefficient (Wildman–Crippen LogP) is 3.39. The summed E-state index contributed by atoms with van der Waals surface area (Å²) in [4.78, 5) is 0. The molecule has 2 heterocycles. The highest BCUT2D eigenvalue weighted by atomic mass is 32.2. The quantitative estimate of drug-likeness (QED) is 0.668. The predicted molar refractivity (Wildman–Crippen MR) is 88.5 cm³/mol. The molecule has 0 aliphatic rings. The van der Waals surface area contributed by atoms with Crippen molar-refractivity contribution >= 4 is 11.8 Å². The molecule has 3 rings (SSSR count). The van der Waals surface area contributed by atoms with Gasteiger partial charge in [-0.05, 0) is 26.0 Å². The van der Waals surface area contributed by atoms with Crippen LogP contribution in [0.25, 0.3) is 11.4 Å². The van der Waals surface area contributed by atoms with Gasteiger partial charge in [0.1, 0.15) is 11.5 Å². The molecule has 120 valence electrons. The Labute approximate surface area is 138 Å². The summed E-state index contributed by atoms with van der Waals surface area (Å²) in [7, 11) is 3.61. The molecule has 23 heavy (non-hydrogen) atoms. The van der Waals surface area contributed by atoms with Gasteiger partial charge in [0.05, 0.1) is 18.4 Å². The van der Waals surface area contributed by atoms with Gasteiger partial charge in [0.25, 0.3) is 0 Å². The number of hydrogen-bond donors (Lipinski definition) is 0. The Bertz CT molecular complexity index is 806. The van der Waals surface area contributed by atoms with Gasteiger partial charge >= 0.3 is 0 Å². The molecule has 7 heteroatoms. The molecule has 0 aliphatic carbocycles. The van der Waals surface area contributed by atoms with Gasteiger partial charge in [-0.25, -0.2) is 0 Å². The van der Waals surface area contributed by atoms with Gasteiger partial charge in [0.15, 0.2) is 11.0 Å². The van der Waals surface area contributed by atoms with Crippen LogP contribution in [0.4, 0.5) is 0 Å². The lowest BCUT2D eigenvalue weighted by Gasteiger charge is -2.08. The number of ether oxygens (including phenoxy) is 1. The Morgan fingerprint density at radius 2 is 2.00 bits per heavy atom. The van der Waals surface area contributed by atoms with Gasteiger partial charge in [-0.2, -0.15) is 0 Å². The molecule has 0 radical (unpaired) electrons. The highest BCUT2D eigenvalue weighted by molar-refractivity contribution is 7.98. The lowest BCUT2D eigenvalue weighted by Crippen LogP contribution is -1.97. The molecule has 0 saturated carbocycles. The average molecular weight is 330 g/mol. The molecule has 1 aromatic carbocycles. The summed E-state index contributed by atoms with van der Waals surface area (Å²) in [5, 5.41) is 13.4. The van der Waals surface area contributed by atoms with Crippen molar-refractivity contribution in [3.63, 3.8) is 0 Å². The van der Waals surface area contributed by atoms with Crippen molar-refractivity contribution in [2.45, 2.75) is 24.8 Å². The second-order valence-corrected chi connectivity index (χ2v) is 6.10. The fraction of sp³-hybridized carbons (Fsp3) is 0.312. The molecule has 0 bridgehead atoms. The van der Waals surface area contributed by atoms with Crippen LogP contribution in [0.15, 0.2) is 33.9 Å². The van der Waals surface area contributed by atoms with E-state index in [1.54, 1.807) is 18.9 Å². The SMILES string of the molecule is COc1ccccc1-c1nnc(SCc2c(C)noc2C)n1C. The van der Waals surface area contributed by atoms with Crippen LogP contribution in [-0.4, -0.2) is 27.0 Å². The van der Waals surface area contributed by atoms with Crippen LogP contribution >= 0.6 is 11.8 Å². The molecule has 6 nitrogen and oxygen atoms in total. The van der Waals surface area contributed by atoms with E-state index < -0.39 is 0 Å². The van der Waals surface area contributed by atoms with Crippen molar-refractivity contribution in [3.8, 4) is 17.1 Å². The first-order chi connectivity index (χ1) is 11.1. The van der Waals surface area contributed by atoms with Crippen LogP contribution < -0.4 is 4.74 Å². The number of rotatable bonds is 5. The summed E-state index contributed by atoms with van der Waals surface area (Å²) < 4.78 is 12.6. The van der Waals surface area contributed by atoms with E-state index in [4.69, 9.17) is 9.26 Å². The third kappa shape index (κ3) is 2.96. The second-order valence-electron chi connectivity index (χ2n) is 5.16. The fourth-order valence-electron chi connectivity index (χ4n) is 2.35. The molecule has 2 aromatic heterocycles. The molecule has 0 fully saturated rings. The molecule has 0 atom stereocenters. The van der Waals surface area contributed by atoms with Gasteiger partial charge in [-0.15, -0.1) is 10.2 Å². The van der Waals surface area contributed by atoms with Crippen LogP contribution in [-0.2, 0) is 12.8 Å². The minimum atomic E-state index is 0.749. The van der Waals surface area contributed by atoms with Crippen LogP contribution in [0.1, 0.15) is 17.0 Å². The fourth-order valence-corrected chi connectivity index (χ4v) is 3.41. The zero-order valence-corrected chi connectivity index (χ0v) is 14.3. The Hall–Kier alpha value is -2.28. The number of para-hydroxylation sites is 1. The van der Waals surface area contributed by atoms with E-state index in [2.05, 4.69) is 15.4 Å². The Balaban J connectivity index is 1.85. The molecule has 0 saturated heterocycles. The van der Waals surface area contributed by atoms with Gasteiger partial charge in [0.2, 0.25) is 0 Å². The standard InChI is InChI=1S/C16H18N4O2S/c1-10-13(11(2)22-19-10)9-23-16-18-17-15(20(16)3)12-7-5-6-8-14(12)21-4/h5-8H,9H2,1-4H3. The summed E-state index contributed by atoms with van der Waals surface area (Å²) >= 11 is 1.61. The van der Waals surface area contributed by atoms with Gasteiger partial charge < -0.3 is 13.8 Å². The minimum Gasteiger partial charge on any atom is -0.496 e. The van der Waals surface area contributed by atoms with Crippen LogP contribution in [0.5, 0.6) is 5.75 Å². The van der Waals surface area contributed by atoms with Crippen LogP contribution in [0.3, 0.4) is 0 Å². The molecule has 0 aliphatic heterocycles.